The third kappa shape index (κ3) is 3.59. The lowest BCUT2D eigenvalue weighted by molar-refractivity contribution is 0.273. The normalized spacial score (nSPS) is 18.9. The molecule has 0 unspecified atom stereocenters. The molecule has 0 aromatic heterocycles. The van der Waals surface area contributed by atoms with Crippen LogP contribution in [0.25, 0.3) is 0 Å². The van der Waals surface area contributed by atoms with Crippen LogP contribution in [0.15, 0.2) is 52.3 Å². The number of halogens is 1. The molecule has 28 heavy (non-hydrogen) atoms. The van der Waals surface area contributed by atoms with E-state index < -0.39 is 20.0 Å². The van der Waals surface area contributed by atoms with Crippen LogP contribution in [0.5, 0.6) is 0 Å². The zero-order valence-corrected chi connectivity index (χ0v) is 17.6. The fourth-order valence-corrected chi connectivity index (χ4v) is 6.79. The molecule has 0 saturated carbocycles. The second-order valence-corrected chi connectivity index (χ2v) is 11.4. The maximum Gasteiger partial charge on any atom is 0.243 e. The standard InChI is InChI=1S/C19H21ClN2O4S2/c20-17-5-8-18(9-6-17)27(23,24)21-10-12-22(13-11-21)28(25,26)19-7-4-15-2-1-3-16(15)14-19/h4-9,14H,1-3,10-13H2. The van der Waals surface area contributed by atoms with E-state index in [9.17, 15) is 16.8 Å². The summed E-state index contributed by atoms with van der Waals surface area (Å²) in [4.78, 5) is 0.453. The number of sulfonamides is 2. The van der Waals surface area contributed by atoms with Crippen molar-refractivity contribution in [3.8, 4) is 0 Å². The van der Waals surface area contributed by atoms with Crippen molar-refractivity contribution in [3.63, 3.8) is 0 Å². The molecule has 1 fully saturated rings. The van der Waals surface area contributed by atoms with Crippen molar-refractivity contribution in [2.24, 2.45) is 0 Å². The van der Waals surface area contributed by atoms with E-state index in [0.29, 0.717) is 9.92 Å². The lowest BCUT2D eigenvalue weighted by Gasteiger charge is -2.33. The molecule has 2 aliphatic rings. The molecule has 1 saturated heterocycles. The van der Waals surface area contributed by atoms with Crippen molar-refractivity contribution < 1.29 is 16.8 Å². The van der Waals surface area contributed by atoms with Crippen molar-refractivity contribution in [1.82, 2.24) is 8.61 Å². The van der Waals surface area contributed by atoms with E-state index in [4.69, 9.17) is 11.6 Å². The summed E-state index contributed by atoms with van der Waals surface area (Å²) in [5, 5.41) is 0.462. The van der Waals surface area contributed by atoms with Crippen LogP contribution >= 0.6 is 11.6 Å². The number of fused-ring (bicyclic) bond motifs is 1. The van der Waals surface area contributed by atoms with Crippen molar-refractivity contribution in [3.05, 3.63) is 58.6 Å². The molecule has 0 radical (unpaired) electrons. The Hall–Kier alpha value is -1.45. The molecule has 1 aliphatic heterocycles. The molecule has 6 nitrogen and oxygen atoms in total. The molecule has 9 heteroatoms. The average molecular weight is 441 g/mol. The Labute approximate surface area is 170 Å². The van der Waals surface area contributed by atoms with E-state index in [1.807, 2.05) is 6.07 Å². The topological polar surface area (TPSA) is 74.8 Å². The van der Waals surface area contributed by atoms with Gasteiger partial charge in [0.1, 0.15) is 0 Å². The van der Waals surface area contributed by atoms with Gasteiger partial charge in [0.2, 0.25) is 20.0 Å². The lowest BCUT2D eigenvalue weighted by atomic mass is 10.1. The highest BCUT2D eigenvalue weighted by atomic mass is 35.5. The lowest BCUT2D eigenvalue weighted by Crippen LogP contribution is -2.50. The number of hydrogen-bond acceptors (Lipinski definition) is 4. The Morgan fingerprint density at radius 2 is 1.18 bits per heavy atom. The van der Waals surface area contributed by atoms with Crippen LogP contribution in [-0.4, -0.2) is 51.6 Å². The Bertz CT molecular complexity index is 1090. The molecule has 0 N–H and O–H groups in total. The molecule has 0 bridgehead atoms. The SMILES string of the molecule is O=S(=O)(c1ccc(Cl)cc1)N1CCN(S(=O)(=O)c2ccc3c(c2)CCC3)CC1. The van der Waals surface area contributed by atoms with Crippen LogP contribution in [0.1, 0.15) is 17.5 Å². The van der Waals surface area contributed by atoms with Gasteiger partial charge in [0, 0.05) is 31.2 Å². The van der Waals surface area contributed by atoms with Crippen molar-refractivity contribution in [1.29, 1.82) is 0 Å². The number of hydrogen-bond donors (Lipinski definition) is 0. The summed E-state index contributed by atoms with van der Waals surface area (Å²) in [6, 6.07) is 11.3. The maximum atomic E-state index is 13.0. The minimum absolute atomic E-state index is 0.120. The molecular weight excluding hydrogens is 420 g/mol. The smallest absolute Gasteiger partial charge is 0.207 e. The first-order valence-corrected chi connectivity index (χ1v) is 12.4. The van der Waals surface area contributed by atoms with E-state index in [2.05, 4.69) is 0 Å². The summed E-state index contributed by atoms with van der Waals surface area (Å²) < 4.78 is 54.2. The van der Waals surface area contributed by atoms with Gasteiger partial charge in [-0.25, -0.2) is 16.8 Å². The van der Waals surface area contributed by atoms with E-state index >= 15 is 0 Å². The van der Waals surface area contributed by atoms with Crippen LogP contribution in [0, 0.1) is 0 Å². The summed E-state index contributed by atoms with van der Waals surface area (Å²) >= 11 is 5.83. The highest BCUT2D eigenvalue weighted by Crippen LogP contribution is 2.27. The van der Waals surface area contributed by atoms with E-state index in [1.54, 1.807) is 12.1 Å². The van der Waals surface area contributed by atoms with Gasteiger partial charge in [0.05, 0.1) is 9.79 Å². The van der Waals surface area contributed by atoms with Crippen LogP contribution in [0.3, 0.4) is 0 Å². The maximum absolute atomic E-state index is 13.0. The van der Waals surface area contributed by atoms with Gasteiger partial charge in [-0.3, -0.25) is 0 Å². The van der Waals surface area contributed by atoms with Crippen LogP contribution < -0.4 is 0 Å². The second kappa shape index (κ2) is 7.42. The second-order valence-electron chi connectivity index (χ2n) is 7.05. The van der Waals surface area contributed by atoms with Gasteiger partial charge in [-0.2, -0.15) is 8.61 Å². The number of aryl methyl sites for hydroxylation is 2. The van der Waals surface area contributed by atoms with E-state index in [0.717, 1.165) is 24.8 Å². The largest absolute Gasteiger partial charge is 0.243 e. The summed E-state index contributed by atoms with van der Waals surface area (Å²) in [5.74, 6) is 0. The van der Waals surface area contributed by atoms with Crippen molar-refractivity contribution in [2.75, 3.05) is 26.2 Å². The zero-order chi connectivity index (χ0) is 19.9. The van der Waals surface area contributed by atoms with Crippen LogP contribution in [0.4, 0.5) is 0 Å². The molecule has 2 aromatic carbocycles. The van der Waals surface area contributed by atoms with Crippen molar-refractivity contribution >= 4 is 31.6 Å². The molecule has 1 heterocycles. The molecule has 4 rings (SSSR count). The number of rotatable bonds is 4. The van der Waals surface area contributed by atoms with Gasteiger partial charge in [0.25, 0.3) is 0 Å². The van der Waals surface area contributed by atoms with Gasteiger partial charge in [-0.05, 0) is 66.8 Å². The first-order chi connectivity index (χ1) is 13.3. The summed E-state index contributed by atoms with van der Waals surface area (Å²) in [6.45, 7) is 0.503. The Balaban J connectivity index is 1.50. The molecular formula is C19H21ClN2O4S2. The first-order valence-electron chi connectivity index (χ1n) is 9.16. The quantitative estimate of drug-likeness (QED) is 0.732. The van der Waals surface area contributed by atoms with Crippen LogP contribution in [-0.2, 0) is 32.9 Å². The van der Waals surface area contributed by atoms with Gasteiger partial charge in [-0.1, -0.05) is 17.7 Å². The Kier molecular flexibility index (Phi) is 5.26. The fraction of sp³-hybridized carbons (Fsp3) is 0.368. The van der Waals surface area contributed by atoms with Gasteiger partial charge >= 0.3 is 0 Å². The summed E-state index contributed by atoms with van der Waals surface area (Å²) in [5.41, 5.74) is 2.32. The summed E-state index contributed by atoms with van der Waals surface area (Å²) in [6.07, 6.45) is 2.96. The molecule has 150 valence electrons. The number of piperazine rings is 1. The minimum Gasteiger partial charge on any atom is -0.207 e. The predicted molar refractivity (Wildman–Crippen MR) is 107 cm³/mol. The van der Waals surface area contributed by atoms with Gasteiger partial charge in [-0.15, -0.1) is 0 Å². The van der Waals surface area contributed by atoms with Crippen molar-refractivity contribution in [2.45, 2.75) is 29.1 Å². The highest BCUT2D eigenvalue weighted by molar-refractivity contribution is 7.89. The molecule has 1 aliphatic carbocycles. The van der Waals surface area contributed by atoms with Gasteiger partial charge in [0.15, 0.2) is 0 Å². The highest BCUT2D eigenvalue weighted by Gasteiger charge is 2.34. The monoisotopic (exact) mass is 440 g/mol. The number of benzene rings is 2. The van der Waals surface area contributed by atoms with Gasteiger partial charge < -0.3 is 0 Å². The molecule has 0 atom stereocenters. The average Bonchev–Trinajstić information content (AvgIpc) is 3.16. The Morgan fingerprint density at radius 1 is 0.679 bits per heavy atom. The third-order valence-electron chi connectivity index (χ3n) is 5.36. The molecule has 2 aromatic rings. The van der Waals surface area contributed by atoms with E-state index in [1.165, 1.54) is 38.4 Å². The van der Waals surface area contributed by atoms with E-state index in [-0.39, 0.29) is 31.1 Å². The third-order valence-corrected chi connectivity index (χ3v) is 9.42. The fourth-order valence-electron chi connectivity index (χ4n) is 3.76. The minimum atomic E-state index is -3.67. The molecule has 0 spiro atoms. The number of nitrogens with zero attached hydrogens (tertiary/aromatic N) is 2. The Morgan fingerprint density at radius 3 is 1.79 bits per heavy atom. The molecule has 0 amide bonds. The predicted octanol–water partition coefficient (Wildman–Crippen LogP) is 2.52. The zero-order valence-electron chi connectivity index (χ0n) is 15.2. The first kappa shape index (κ1) is 19.8. The summed E-state index contributed by atoms with van der Waals surface area (Å²) in [7, 11) is -7.30. The van der Waals surface area contributed by atoms with Crippen LogP contribution in [0.2, 0.25) is 5.02 Å².